The van der Waals surface area contributed by atoms with Crippen LogP contribution in [0.2, 0.25) is 0 Å². The van der Waals surface area contributed by atoms with Crippen molar-refractivity contribution in [1.82, 2.24) is 9.55 Å². The Balaban J connectivity index is 2.12. The highest BCUT2D eigenvalue weighted by atomic mass is 16.5. The van der Waals surface area contributed by atoms with Crippen LogP contribution < -0.4 is 5.56 Å². The van der Waals surface area contributed by atoms with Crippen molar-refractivity contribution < 1.29 is 9.53 Å². The number of rotatable bonds is 3. The molecule has 0 radical (unpaired) electrons. The summed E-state index contributed by atoms with van der Waals surface area (Å²) in [4.78, 5) is 28.8. The Hall–Kier alpha value is -2.95. The van der Waals surface area contributed by atoms with Crippen molar-refractivity contribution in [2.75, 3.05) is 7.11 Å². The van der Waals surface area contributed by atoms with Gasteiger partial charge in [-0.25, -0.2) is 4.79 Å². The zero-order valence-corrected chi connectivity index (χ0v) is 12.9. The number of carbonyl (C=O) groups excluding carboxylic acids is 1. The topological polar surface area (TPSA) is 61.2 Å². The van der Waals surface area contributed by atoms with Crippen LogP contribution in [0.3, 0.4) is 0 Å². The number of esters is 1. The molecule has 0 spiro atoms. The van der Waals surface area contributed by atoms with E-state index in [2.05, 4.69) is 4.98 Å². The molecular weight excluding hydrogens is 292 g/mol. The van der Waals surface area contributed by atoms with Gasteiger partial charge in [0.1, 0.15) is 0 Å². The molecule has 0 atom stereocenters. The Labute approximate surface area is 133 Å². The number of fused-ring (bicyclic) bond motifs is 1. The standard InChI is InChI=1S/C18H16N2O3/c1-12-14(18(22)23-2)10-15-16(19-12)8-9-20(17(15)21)11-13-6-4-3-5-7-13/h3-10H,11H2,1-2H3. The van der Waals surface area contributed by atoms with Gasteiger partial charge in [0, 0.05) is 6.20 Å². The molecule has 0 saturated carbocycles. The number of pyridine rings is 2. The predicted octanol–water partition coefficient (Wildman–Crippen LogP) is 2.54. The molecule has 1 aromatic carbocycles. The highest BCUT2D eigenvalue weighted by molar-refractivity contribution is 5.94. The zero-order chi connectivity index (χ0) is 16.4. The van der Waals surface area contributed by atoms with Crippen LogP contribution in [-0.4, -0.2) is 22.6 Å². The van der Waals surface area contributed by atoms with Gasteiger partial charge in [-0.15, -0.1) is 0 Å². The first-order chi connectivity index (χ1) is 11.1. The number of aryl methyl sites for hydroxylation is 1. The molecule has 5 heteroatoms. The normalized spacial score (nSPS) is 10.7. The van der Waals surface area contributed by atoms with Gasteiger partial charge in [0.05, 0.1) is 35.8 Å². The Morgan fingerprint density at radius 3 is 2.65 bits per heavy atom. The second-order valence-corrected chi connectivity index (χ2v) is 5.28. The molecule has 2 aromatic heterocycles. The average Bonchev–Trinajstić information content (AvgIpc) is 2.57. The summed E-state index contributed by atoms with van der Waals surface area (Å²) >= 11 is 0. The maximum absolute atomic E-state index is 12.7. The number of ether oxygens (including phenoxy) is 1. The molecular formula is C18H16N2O3. The van der Waals surface area contributed by atoms with E-state index in [0.29, 0.717) is 28.7 Å². The summed E-state index contributed by atoms with van der Waals surface area (Å²) in [5, 5.41) is 0.412. The van der Waals surface area contributed by atoms with Gasteiger partial charge >= 0.3 is 5.97 Å². The molecule has 0 bridgehead atoms. The van der Waals surface area contributed by atoms with E-state index in [4.69, 9.17) is 4.74 Å². The van der Waals surface area contributed by atoms with Crippen LogP contribution in [0.5, 0.6) is 0 Å². The first-order valence-corrected chi connectivity index (χ1v) is 7.23. The molecule has 3 rings (SSSR count). The van der Waals surface area contributed by atoms with E-state index >= 15 is 0 Å². The van der Waals surface area contributed by atoms with E-state index in [0.717, 1.165) is 5.56 Å². The second-order valence-electron chi connectivity index (χ2n) is 5.28. The molecule has 0 N–H and O–H groups in total. The molecule has 116 valence electrons. The van der Waals surface area contributed by atoms with Crippen molar-refractivity contribution in [2.45, 2.75) is 13.5 Å². The largest absolute Gasteiger partial charge is 0.465 e. The molecule has 0 aliphatic carbocycles. The maximum Gasteiger partial charge on any atom is 0.339 e. The lowest BCUT2D eigenvalue weighted by Crippen LogP contribution is -2.21. The van der Waals surface area contributed by atoms with Crippen LogP contribution in [0.4, 0.5) is 0 Å². The smallest absolute Gasteiger partial charge is 0.339 e. The van der Waals surface area contributed by atoms with E-state index in [1.165, 1.54) is 7.11 Å². The first kappa shape index (κ1) is 15.0. The molecule has 0 saturated heterocycles. The number of aromatic nitrogens is 2. The summed E-state index contributed by atoms with van der Waals surface area (Å²) in [7, 11) is 1.31. The van der Waals surface area contributed by atoms with E-state index in [1.807, 2.05) is 30.3 Å². The molecule has 5 nitrogen and oxygen atoms in total. The minimum absolute atomic E-state index is 0.177. The minimum atomic E-state index is -0.491. The first-order valence-electron chi connectivity index (χ1n) is 7.23. The number of benzene rings is 1. The molecule has 0 aliphatic heterocycles. The van der Waals surface area contributed by atoms with Crippen molar-refractivity contribution in [3.05, 3.63) is 75.8 Å². The third-order valence-electron chi connectivity index (χ3n) is 3.75. The lowest BCUT2D eigenvalue weighted by atomic mass is 10.1. The van der Waals surface area contributed by atoms with E-state index < -0.39 is 5.97 Å². The molecule has 23 heavy (non-hydrogen) atoms. The van der Waals surface area contributed by atoms with Gasteiger partial charge in [-0.05, 0) is 24.6 Å². The summed E-state index contributed by atoms with van der Waals surface area (Å²) in [6.45, 7) is 2.19. The van der Waals surface area contributed by atoms with Crippen molar-refractivity contribution in [1.29, 1.82) is 0 Å². The number of carbonyl (C=O) groups is 1. The highest BCUT2D eigenvalue weighted by Gasteiger charge is 2.14. The van der Waals surface area contributed by atoms with Crippen LogP contribution in [-0.2, 0) is 11.3 Å². The lowest BCUT2D eigenvalue weighted by Gasteiger charge is -2.09. The monoisotopic (exact) mass is 308 g/mol. The Morgan fingerprint density at radius 2 is 1.96 bits per heavy atom. The van der Waals surface area contributed by atoms with Gasteiger partial charge in [-0.2, -0.15) is 0 Å². The van der Waals surface area contributed by atoms with Gasteiger partial charge in [0.25, 0.3) is 5.56 Å². The van der Waals surface area contributed by atoms with E-state index in [9.17, 15) is 9.59 Å². The molecule has 0 fully saturated rings. The van der Waals surface area contributed by atoms with E-state index in [-0.39, 0.29) is 5.56 Å². The summed E-state index contributed by atoms with van der Waals surface area (Å²) in [5.74, 6) is -0.491. The lowest BCUT2D eigenvalue weighted by molar-refractivity contribution is 0.0599. The average molecular weight is 308 g/mol. The summed E-state index contributed by atoms with van der Waals surface area (Å²) in [5.41, 5.74) is 2.29. The number of hydrogen-bond donors (Lipinski definition) is 0. The van der Waals surface area contributed by atoms with E-state index in [1.54, 1.807) is 29.8 Å². The van der Waals surface area contributed by atoms with Crippen molar-refractivity contribution in [3.8, 4) is 0 Å². The van der Waals surface area contributed by atoms with Gasteiger partial charge in [-0.1, -0.05) is 30.3 Å². The number of nitrogens with zero attached hydrogens (tertiary/aromatic N) is 2. The zero-order valence-electron chi connectivity index (χ0n) is 12.9. The predicted molar refractivity (Wildman–Crippen MR) is 87.6 cm³/mol. The van der Waals surface area contributed by atoms with Crippen LogP contribution >= 0.6 is 0 Å². The Kier molecular flexibility index (Phi) is 3.93. The second kappa shape index (κ2) is 6.04. The third kappa shape index (κ3) is 2.85. The van der Waals surface area contributed by atoms with Crippen molar-refractivity contribution >= 4 is 16.9 Å². The number of methoxy groups -OCH3 is 1. The van der Waals surface area contributed by atoms with Gasteiger partial charge in [0.15, 0.2) is 0 Å². The highest BCUT2D eigenvalue weighted by Crippen LogP contribution is 2.14. The molecule has 0 amide bonds. The fraction of sp³-hybridized carbons (Fsp3) is 0.167. The quantitative estimate of drug-likeness (QED) is 0.698. The minimum Gasteiger partial charge on any atom is -0.465 e. The fourth-order valence-electron chi connectivity index (χ4n) is 2.53. The summed E-state index contributed by atoms with van der Waals surface area (Å²) in [6.07, 6.45) is 1.72. The van der Waals surface area contributed by atoms with Crippen LogP contribution in [0.15, 0.2) is 53.5 Å². The van der Waals surface area contributed by atoms with Crippen molar-refractivity contribution in [3.63, 3.8) is 0 Å². The van der Waals surface area contributed by atoms with Gasteiger partial charge in [-0.3, -0.25) is 9.78 Å². The molecule has 0 aliphatic rings. The van der Waals surface area contributed by atoms with Crippen molar-refractivity contribution in [2.24, 2.45) is 0 Å². The summed E-state index contributed by atoms with van der Waals surface area (Å²) < 4.78 is 6.35. The Bertz CT molecular complexity index is 930. The van der Waals surface area contributed by atoms with Crippen LogP contribution in [0.25, 0.3) is 10.9 Å². The van der Waals surface area contributed by atoms with Gasteiger partial charge in [0.2, 0.25) is 0 Å². The Morgan fingerprint density at radius 1 is 1.22 bits per heavy atom. The maximum atomic E-state index is 12.7. The van der Waals surface area contributed by atoms with Crippen LogP contribution in [0.1, 0.15) is 21.6 Å². The molecule has 0 unspecified atom stereocenters. The SMILES string of the molecule is COC(=O)c1cc2c(=O)n(Cc3ccccc3)ccc2nc1C. The third-order valence-corrected chi connectivity index (χ3v) is 3.75. The van der Waals surface area contributed by atoms with Gasteiger partial charge < -0.3 is 9.30 Å². The summed E-state index contributed by atoms with van der Waals surface area (Å²) in [6, 6.07) is 13.1. The molecule has 3 aromatic rings. The molecule has 2 heterocycles. The van der Waals surface area contributed by atoms with Crippen LogP contribution in [0, 0.1) is 6.92 Å². The fourth-order valence-corrected chi connectivity index (χ4v) is 2.53. The number of hydrogen-bond acceptors (Lipinski definition) is 4.